The van der Waals surface area contributed by atoms with Crippen molar-refractivity contribution in [3.63, 3.8) is 0 Å². The molecule has 34 heavy (non-hydrogen) atoms. The molecular weight excluding hydrogens is 436 g/mol. The summed E-state index contributed by atoms with van der Waals surface area (Å²) in [4.78, 5) is 0. The second-order valence-corrected chi connectivity index (χ2v) is 14.8. The van der Waals surface area contributed by atoms with Crippen LogP contribution in [0.15, 0.2) is 91.0 Å². The average molecular weight is 475 g/mol. The minimum Gasteiger partial charge on any atom is -0.407 e. The minimum absolute atomic E-state index is 0.000674. The van der Waals surface area contributed by atoms with Crippen LogP contribution in [0.1, 0.15) is 39.7 Å². The lowest BCUT2D eigenvalue weighted by molar-refractivity contribution is 0.104. The highest BCUT2D eigenvalue weighted by Gasteiger charge is 2.50. The molecule has 4 heteroatoms. The third-order valence-electron chi connectivity index (χ3n) is 6.72. The van der Waals surface area contributed by atoms with Gasteiger partial charge in [-0.1, -0.05) is 119 Å². The molecule has 3 aromatic rings. The van der Waals surface area contributed by atoms with Crippen LogP contribution in [0, 0.1) is 5.92 Å². The Balaban J connectivity index is 1.37. The van der Waals surface area contributed by atoms with Gasteiger partial charge in [0.05, 0.1) is 19.3 Å². The van der Waals surface area contributed by atoms with Crippen LogP contribution in [0.2, 0.25) is 5.04 Å². The molecule has 0 spiro atoms. The van der Waals surface area contributed by atoms with E-state index in [4.69, 9.17) is 13.9 Å². The topological polar surface area (TPSA) is 31.0 Å². The number of ether oxygens (including phenoxy) is 2. The van der Waals surface area contributed by atoms with Crippen LogP contribution in [0.3, 0.4) is 0 Å². The zero-order chi connectivity index (χ0) is 24.0. The molecule has 0 bridgehead atoms. The summed E-state index contributed by atoms with van der Waals surface area (Å²) in [6.45, 7) is 11.3. The summed E-state index contributed by atoms with van der Waals surface area (Å²) in [7, 11) is -2.48. The summed E-state index contributed by atoms with van der Waals surface area (Å²) in [5.41, 5.74) is 1.20. The van der Waals surface area contributed by atoms with Crippen LogP contribution in [0.5, 0.6) is 0 Å². The SMILES string of the molecule is C[C@H](CO[Si](c1ccccc1)(c1ccccc1)C(C)(C)C)C[C@H]1O[C@@H]1COCc1ccccc1. The highest BCUT2D eigenvalue weighted by molar-refractivity contribution is 6.99. The molecule has 0 amide bonds. The van der Waals surface area contributed by atoms with Gasteiger partial charge < -0.3 is 13.9 Å². The largest absolute Gasteiger partial charge is 0.407 e. The van der Waals surface area contributed by atoms with Crippen molar-refractivity contribution in [1.29, 1.82) is 0 Å². The van der Waals surface area contributed by atoms with E-state index >= 15 is 0 Å². The summed E-state index contributed by atoms with van der Waals surface area (Å²) in [5, 5.41) is 2.66. The third-order valence-corrected chi connectivity index (χ3v) is 11.7. The lowest BCUT2D eigenvalue weighted by atomic mass is 10.1. The van der Waals surface area contributed by atoms with E-state index < -0.39 is 8.32 Å². The molecule has 4 rings (SSSR count). The van der Waals surface area contributed by atoms with Crippen molar-refractivity contribution in [3.8, 4) is 0 Å². The van der Waals surface area contributed by atoms with Gasteiger partial charge in [0.1, 0.15) is 6.10 Å². The van der Waals surface area contributed by atoms with Crippen molar-refractivity contribution in [3.05, 3.63) is 96.6 Å². The summed E-state index contributed by atoms with van der Waals surface area (Å²) in [6.07, 6.45) is 1.48. The van der Waals surface area contributed by atoms with E-state index in [1.54, 1.807) is 0 Å². The van der Waals surface area contributed by atoms with Gasteiger partial charge in [0.15, 0.2) is 0 Å². The van der Waals surface area contributed by atoms with E-state index in [-0.39, 0.29) is 17.2 Å². The molecule has 0 N–H and O–H groups in total. The summed E-state index contributed by atoms with van der Waals surface area (Å²) < 4.78 is 18.9. The first-order valence-corrected chi connectivity index (χ1v) is 14.3. The first-order valence-electron chi connectivity index (χ1n) is 12.4. The molecule has 1 heterocycles. The second-order valence-electron chi connectivity index (χ2n) is 10.5. The standard InChI is InChI=1S/C30H38O3Si/c1-24(20-28-29(33-28)23-31-22-25-14-8-5-9-15-25)21-32-34(30(2,3)4,26-16-10-6-11-17-26)27-18-12-7-13-19-27/h5-19,24,28-29H,20-23H2,1-4H3/t24-,28+,29+/m0/s1. The van der Waals surface area contributed by atoms with Crippen LogP contribution in [-0.4, -0.2) is 33.7 Å². The predicted molar refractivity (Wildman–Crippen MR) is 142 cm³/mol. The summed E-state index contributed by atoms with van der Waals surface area (Å²) in [6, 6.07) is 32.0. The lowest BCUT2D eigenvalue weighted by Crippen LogP contribution is -2.66. The maximum Gasteiger partial charge on any atom is 0.261 e. The van der Waals surface area contributed by atoms with Crippen LogP contribution >= 0.6 is 0 Å². The van der Waals surface area contributed by atoms with Gasteiger partial charge in [0, 0.05) is 6.61 Å². The summed E-state index contributed by atoms with van der Waals surface area (Å²) in [5.74, 6) is 0.408. The van der Waals surface area contributed by atoms with Gasteiger partial charge in [-0.05, 0) is 33.3 Å². The number of hydrogen-bond donors (Lipinski definition) is 0. The normalized spacial score (nSPS) is 19.1. The van der Waals surface area contributed by atoms with Crippen molar-refractivity contribution in [2.75, 3.05) is 13.2 Å². The molecule has 0 aliphatic carbocycles. The van der Waals surface area contributed by atoms with Crippen molar-refractivity contribution in [1.82, 2.24) is 0 Å². The molecule has 0 aromatic heterocycles. The van der Waals surface area contributed by atoms with E-state index in [9.17, 15) is 0 Å². The zero-order valence-electron chi connectivity index (χ0n) is 20.9. The molecule has 1 fully saturated rings. The number of epoxide rings is 1. The van der Waals surface area contributed by atoms with Crippen molar-refractivity contribution in [2.24, 2.45) is 5.92 Å². The van der Waals surface area contributed by atoms with Crippen LogP contribution in [0.25, 0.3) is 0 Å². The molecule has 0 unspecified atom stereocenters. The van der Waals surface area contributed by atoms with Crippen molar-refractivity contribution < 1.29 is 13.9 Å². The van der Waals surface area contributed by atoms with Crippen LogP contribution in [-0.2, 0) is 20.5 Å². The molecule has 0 radical (unpaired) electrons. The van der Waals surface area contributed by atoms with Gasteiger partial charge in [-0.2, -0.15) is 0 Å². The fourth-order valence-corrected chi connectivity index (χ4v) is 9.58. The number of benzene rings is 3. The maximum atomic E-state index is 7.08. The van der Waals surface area contributed by atoms with E-state index in [2.05, 4.69) is 100 Å². The number of hydrogen-bond acceptors (Lipinski definition) is 3. The Bertz CT molecular complexity index is 962. The third kappa shape index (κ3) is 5.87. The van der Waals surface area contributed by atoms with E-state index in [0.717, 1.165) is 13.0 Å². The zero-order valence-corrected chi connectivity index (χ0v) is 21.9. The fourth-order valence-electron chi connectivity index (χ4n) is 4.89. The first kappa shape index (κ1) is 24.9. The van der Waals surface area contributed by atoms with Gasteiger partial charge in [0.2, 0.25) is 0 Å². The monoisotopic (exact) mass is 474 g/mol. The van der Waals surface area contributed by atoms with E-state index in [0.29, 0.717) is 19.1 Å². The van der Waals surface area contributed by atoms with Gasteiger partial charge in [0.25, 0.3) is 8.32 Å². The first-order chi connectivity index (χ1) is 16.4. The molecule has 0 saturated carbocycles. The molecule has 3 nitrogen and oxygen atoms in total. The lowest BCUT2D eigenvalue weighted by Gasteiger charge is -2.43. The maximum absolute atomic E-state index is 7.08. The Labute approximate surface area is 206 Å². The summed E-state index contributed by atoms with van der Waals surface area (Å²) >= 11 is 0. The Kier molecular flexibility index (Phi) is 8.05. The van der Waals surface area contributed by atoms with Gasteiger partial charge in [-0.3, -0.25) is 0 Å². The molecule has 180 valence electrons. The molecule has 1 saturated heterocycles. The Morgan fingerprint density at radius 1 is 0.794 bits per heavy atom. The highest BCUT2D eigenvalue weighted by atomic mass is 28.4. The molecular formula is C30H38O3Si. The fraction of sp³-hybridized carbons (Fsp3) is 0.400. The van der Waals surface area contributed by atoms with E-state index in [1.165, 1.54) is 15.9 Å². The smallest absolute Gasteiger partial charge is 0.261 e. The highest BCUT2D eigenvalue weighted by Crippen LogP contribution is 2.37. The average Bonchev–Trinajstić information content (AvgIpc) is 3.58. The second kappa shape index (κ2) is 11.0. The Morgan fingerprint density at radius 2 is 1.32 bits per heavy atom. The molecule has 1 aliphatic rings. The number of rotatable bonds is 11. The quantitative estimate of drug-likeness (QED) is 0.269. The minimum atomic E-state index is -2.48. The van der Waals surface area contributed by atoms with Gasteiger partial charge in [-0.15, -0.1) is 0 Å². The van der Waals surface area contributed by atoms with Crippen molar-refractivity contribution in [2.45, 2.75) is 58.0 Å². The van der Waals surface area contributed by atoms with Crippen LogP contribution in [0.4, 0.5) is 0 Å². The van der Waals surface area contributed by atoms with Gasteiger partial charge >= 0.3 is 0 Å². The molecule has 3 atom stereocenters. The van der Waals surface area contributed by atoms with Crippen LogP contribution < -0.4 is 10.4 Å². The van der Waals surface area contributed by atoms with E-state index in [1.807, 2.05) is 18.2 Å². The van der Waals surface area contributed by atoms with Gasteiger partial charge in [-0.25, -0.2) is 0 Å². The molecule has 3 aromatic carbocycles. The Morgan fingerprint density at radius 3 is 1.85 bits per heavy atom. The molecule has 1 aliphatic heterocycles. The van der Waals surface area contributed by atoms with Crippen molar-refractivity contribution >= 4 is 18.7 Å². The predicted octanol–water partition coefficient (Wildman–Crippen LogP) is 5.57. The Hall–Kier alpha value is -2.24.